The number of ether oxygens (including phenoxy) is 1. The Balaban J connectivity index is 1.71. The molecule has 0 radical (unpaired) electrons. The lowest BCUT2D eigenvalue weighted by atomic mass is 10.2. The Morgan fingerprint density at radius 2 is 2.18 bits per heavy atom. The van der Waals surface area contributed by atoms with E-state index < -0.39 is 0 Å². The van der Waals surface area contributed by atoms with Crippen molar-refractivity contribution < 1.29 is 13.9 Å². The summed E-state index contributed by atoms with van der Waals surface area (Å²) in [5, 5.41) is 0. The number of amides is 1. The second-order valence-electron chi connectivity index (χ2n) is 7.90. The Hall–Kier alpha value is -2.25. The molecule has 2 aromatic rings. The number of hydrogen-bond donors (Lipinski definition) is 1. The van der Waals surface area contributed by atoms with Crippen LogP contribution in [-0.2, 0) is 22.7 Å². The number of carbonyl (C=O) groups is 1. The van der Waals surface area contributed by atoms with Gasteiger partial charge in [-0.15, -0.1) is 0 Å². The average molecular weight is 388 g/mol. The first-order chi connectivity index (χ1) is 13.4. The van der Waals surface area contributed by atoms with Gasteiger partial charge in [-0.25, -0.2) is 9.37 Å². The minimum Gasteiger partial charge on any atom is -0.370 e. The Bertz CT molecular complexity index is 792. The van der Waals surface area contributed by atoms with E-state index in [2.05, 4.69) is 28.7 Å². The molecule has 1 N–H and O–H groups in total. The molecule has 6 nitrogen and oxygen atoms in total. The largest absolute Gasteiger partial charge is 0.370 e. The molecule has 1 atom stereocenters. The van der Waals surface area contributed by atoms with Gasteiger partial charge in [0.25, 0.3) is 0 Å². The lowest BCUT2D eigenvalue weighted by molar-refractivity contribution is -0.132. The van der Waals surface area contributed by atoms with Gasteiger partial charge in [0.2, 0.25) is 5.91 Å². The summed E-state index contributed by atoms with van der Waals surface area (Å²) < 4.78 is 19.6. The number of aromatic nitrogens is 2. The van der Waals surface area contributed by atoms with Gasteiger partial charge >= 0.3 is 0 Å². The Morgan fingerprint density at radius 3 is 2.86 bits per heavy atom. The normalized spacial score (nSPS) is 18.7. The molecule has 1 amide bonds. The molecule has 152 valence electrons. The van der Waals surface area contributed by atoms with E-state index in [1.165, 1.54) is 12.1 Å². The minimum absolute atomic E-state index is 0.110. The van der Waals surface area contributed by atoms with Gasteiger partial charge in [0, 0.05) is 31.9 Å². The maximum Gasteiger partial charge on any atom is 0.236 e. The van der Waals surface area contributed by atoms with Crippen molar-refractivity contribution in [1.29, 1.82) is 0 Å². The van der Waals surface area contributed by atoms with Gasteiger partial charge in [-0.2, -0.15) is 0 Å². The minimum atomic E-state index is -0.269. The molecule has 0 aliphatic carbocycles. The van der Waals surface area contributed by atoms with Crippen molar-refractivity contribution >= 4 is 5.91 Å². The van der Waals surface area contributed by atoms with E-state index in [1.54, 1.807) is 12.4 Å². The third-order valence-electron chi connectivity index (χ3n) is 4.87. The summed E-state index contributed by atoms with van der Waals surface area (Å²) >= 11 is 0. The molecular weight excluding hydrogens is 359 g/mol. The molecule has 0 bridgehead atoms. The fraction of sp³-hybridized carbons (Fsp3) is 0.524. The second-order valence-corrected chi connectivity index (χ2v) is 7.90. The molecule has 0 saturated carbocycles. The molecule has 2 heterocycles. The van der Waals surface area contributed by atoms with Gasteiger partial charge in [0.05, 0.1) is 31.3 Å². The Labute approximate surface area is 165 Å². The SMILES string of the molecule is Cc1[nH]cnc1CN1CC(=O)N(CC(C)C)C[C@@H](OCc2cccc(F)c2)C1. The smallest absolute Gasteiger partial charge is 0.236 e. The van der Waals surface area contributed by atoms with Crippen LogP contribution in [0.3, 0.4) is 0 Å². The van der Waals surface area contributed by atoms with Crippen LogP contribution in [0, 0.1) is 18.7 Å². The van der Waals surface area contributed by atoms with Crippen LogP contribution in [0.1, 0.15) is 30.8 Å². The lowest BCUT2D eigenvalue weighted by Gasteiger charge is -2.26. The first-order valence-electron chi connectivity index (χ1n) is 9.75. The Kier molecular flexibility index (Phi) is 6.80. The van der Waals surface area contributed by atoms with Crippen molar-refractivity contribution in [1.82, 2.24) is 19.8 Å². The number of aromatic amines is 1. The maximum absolute atomic E-state index is 13.4. The van der Waals surface area contributed by atoms with Crippen molar-refractivity contribution in [3.8, 4) is 0 Å². The van der Waals surface area contributed by atoms with Crippen molar-refractivity contribution in [2.24, 2.45) is 5.92 Å². The van der Waals surface area contributed by atoms with Crippen LogP contribution in [-0.4, -0.2) is 58.0 Å². The van der Waals surface area contributed by atoms with Gasteiger partial charge in [-0.1, -0.05) is 26.0 Å². The molecular formula is C21H29FN4O2. The number of benzene rings is 1. The third kappa shape index (κ3) is 5.62. The van der Waals surface area contributed by atoms with E-state index in [-0.39, 0.29) is 17.8 Å². The number of rotatable bonds is 7. The van der Waals surface area contributed by atoms with Crippen LogP contribution in [0.25, 0.3) is 0 Å². The van der Waals surface area contributed by atoms with Gasteiger partial charge in [0.15, 0.2) is 0 Å². The lowest BCUT2D eigenvalue weighted by Crippen LogP contribution is -2.40. The number of H-pyrrole nitrogens is 1. The topological polar surface area (TPSA) is 61.5 Å². The summed E-state index contributed by atoms with van der Waals surface area (Å²) in [7, 11) is 0. The summed E-state index contributed by atoms with van der Waals surface area (Å²) in [6.45, 7) is 9.32. The van der Waals surface area contributed by atoms with Gasteiger partial charge in [0.1, 0.15) is 5.82 Å². The molecule has 1 aromatic heterocycles. The van der Waals surface area contributed by atoms with Crippen LogP contribution in [0.4, 0.5) is 4.39 Å². The highest BCUT2D eigenvalue weighted by Crippen LogP contribution is 2.16. The molecule has 28 heavy (non-hydrogen) atoms. The highest BCUT2D eigenvalue weighted by molar-refractivity contribution is 5.78. The van der Waals surface area contributed by atoms with Crippen LogP contribution in [0.5, 0.6) is 0 Å². The third-order valence-corrected chi connectivity index (χ3v) is 4.87. The standard InChI is InChI=1S/C21H29FN4O2/c1-15(2)8-26-10-19(28-13-17-5-4-6-18(22)7-17)9-25(12-21(26)27)11-20-16(3)23-14-24-20/h4-7,14-15,19H,8-13H2,1-3H3,(H,23,24)/t19-/m0/s1. The first-order valence-corrected chi connectivity index (χ1v) is 9.75. The monoisotopic (exact) mass is 388 g/mol. The van der Waals surface area contributed by atoms with Crippen molar-refractivity contribution in [3.05, 3.63) is 53.4 Å². The number of halogens is 1. The molecule has 1 fully saturated rings. The average Bonchev–Trinajstić information content (AvgIpc) is 2.96. The van der Waals surface area contributed by atoms with Crippen LogP contribution in [0.2, 0.25) is 0 Å². The van der Waals surface area contributed by atoms with E-state index in [1.807, 2.05) is 17.9 Å². The van der Waals surface area contributed by atoms with Gasteiger partial charge < -0.3 is 14.6 Å². The molecule has 1 aromatic carbocycles. The van der Waals surface area contributed by atoms with Crippen molar-refractivity contribution in [2.45, 2.75) is 40.0 Å². The van der Waals surface area contributed by atoms with E-state index in [4.69, 9.17) is 4.74 Å². The second kappa shape index (κ2) is 9.30. The van der Waals surface area contributed by atoms with Crippen LogP contribution >= 0.6 is 0 Å². The summed E-state index contributed by atoms with van der Waals surface area (Å²) in [6.07, 6.45) is 1.53. The number of carbonyl (C=O) groups excluding carboxylic acids is 1. The fourth-order valence-corrected chi connectivity index (χ4v) is 3.49. The summed E-state index contributed by atoms with van der Waals surface area (Å²) in [6, 6.07) is 6.44. The van der Waals surface area contributed by atoms with Crippen LogP contribution < -0.4 is 0 Å². The summed E-state index contributed by atoms with van der Waals surface area (Å²) in [5.41, 5.74) is 2.74. The quantitative estimate of drug-likeness (QED) is 0.792. The molecule has 7 heteroatoms. The Morgan fingerprint density at radius 1 is 1.36 bits per heavy atom. The van der Waals surface area contributed by atoms with Gasteiger partial charge in [-0.3, -0.25) is 9.69 Å². The highest BCUT2D eigenvalue weighted by atomic mass is 19.1. The number of hydrogen-bond acceptors (Lipinski definition) is 4. The molecule has 1 aliphatic rings. The summed E-state index contributed by atoms with van der Waals surface area (Å²) in [5.74, 6) is 0.223. The molecule has 3 rings (SSSR count). The van der Waals surface area contributed by atoms with E-state index in [0.29, 0.717) is 45.2 Å². The number of imidazole rings is 1. The maximum atomic E-state index is 13.4. The number of nitrogens with zero attached hydrogens (tertiary/aromatic N) is 3. The molecule has 1 saturated heterocycles. The fourth-order valence-electron chi connectivity index (χ4n) is 3.49. The van der Waals surface area contributed by atoms with Crippen molar-refractivity contribution in [3.63, 3.8) is 0 Å². The van der Waals surface area contributed by atoms with Gasteiger partial charge in [-0.05, 0) is 30.5 Å². The molecule has 1 aliphatic heterocycles. The zero-order chi connectivity index (χ0) is 20.1. The zero-order valence-electron chi connectivity index (χ0n) is 16.8. The predicted molar refractivity (Wildman–Crippen MR) is 105 cm³/mol. The number of aryl methyl sites for hydroxylation is 1. The molecule has 0 spiro atoms. The highest BCUT2D eigenvalue weighted by Gasteiger charge is 2.29. The number of nitrogens with one attached hydrogen (secondary N) is 1. The van der Waals surface area contributed by atoms with Crippen LogP contribution in [0.15, 0.2) is 30.6 Å². The first kappa shape index (κ1) is 20.5. The summed E-state index contributed by atoms with van der Waals surface area (Å²) in [4.78, 5) is 24.2. The van der Waals surface area contributed by atoms with E-state index >= 15 is 0 Å². The molecule has 0 unspecified atom stereocenters. The van der Waals surface area contributed by atoms with E-state index in [9.17, 15) is 9.18 Å². The van der Waals surface area contributed by atoms with Crippen molar-refractivity contribution in [2.75, 3.05) is 26.2 Å². The zero-order valence-corrected chi connectivity index (χ0v) is 16.8. The van der Waals surface area contributed by atoms with E-state index in [0.717, 1.165) is 17.0 Å². The predicted octanol–water partition coefficient (Wildman–Crippen LogP) is 2.74.